The third kappa shape index (κ3) is 3.03. The molecule has 0 saturated carbocycles. The first kappa shape index (κ1) is 12.0. The third-order valence-corrected chi connectivity index (χ3v) is 2.19. The number of nitrogens with two attached hydrogens (primary N) is 1. The summed E-state index contributed by atoms with van der Waals surface area (Å²) >= 11 is 0. The topological polar surface area (TPSA) is 85.8 Å². The molecule has 1 aromatic carbocycles. The van der Waals surface area contributed by atoms with Gasteiger partial charge in [0, 0.05) is 5.69 Å². The van der Waals surface area contributed by atoms with Crippen LogP contribution in [0.25, 0.3) is 0 Å². The number of benzene rings is 1. The Morgan fingerprint density at radius 2 is 2.28 bits per heavy atom. The summed E-state index contributed by atoms with van der Waals surface area (Å²) in [5, 5.41) is 6.35. The summed E-state index contributed by atoms with van der Waals surface area (Å²) in [5.74, 6) is -0.621. The minimum Gasteiger partial charge on any atom is -0.367 e. The SMILES string of the molecule is Cc1cc(F)cc(NC(=O)Cn2cnc(N)n2)c1. The molecule has 7 heteroatoms. The predicted molar refractivity (Wildman–Crippen MR) is 64.2 cm³/mol. The number of nitrogen functional groups attached to an aromatic ring is 1. The molecule has 94 valence electrons. The summed E-state index contributed by atoms with van der Waals surface area (Å²) in [4.78, 5) is 15.3. The second-order valence-electron chi connectivity index (χ2n) is 3.87. The molecule has 0 atom stereocenters. The molecule has 2 aromatic rings. The number of amides is 1. The van der Waals surface area contributed by atoms with Crippen LogP contribution in [0.4, 0.5) is 16.0 Å². The Kier molecular flexibility index (Phi) is 3.22. The Bertz CT molecular complexity index is 560. The average molecular weight is 249 g/mol. The fourth-order valence-electron chi connectivity index (χ4n) is 1.54. The number of rotatable bonds is 3. The van der Waals surface area contributed by atoms with Gasteiger partial charge in [0.2, 0.25) is 11.9 Å². The van der Waals surface area contributed by atoms with Gasteiger partial charge in [-0.2, -0.15) is 0 Å². The van der Waals surface area contributed by atoms with Crippen molar-refractivity contribution in [1.82, 2.24) is 14.8 Å². The van der Waals surface area contributed by atoms with E-state index in [9.17, 15) is 9.18 Å². The molecule has 1 amide bonds. The van der Waals surface area contributed by atoms with Crippen molar-refractivity contribution in [1.29, 1.82) is 0 Å². The molecule has 6 nitrogen and oxygen atoms in total. The normalized spacial score (nSPS) is 10.3. The highest BCUT2D eigenvalue weighted by atomic mass is 19.1. The summed E-state index contributed by atoms with van der Waals surface area (Å²) in [5.41, 5.74) is 6.46. The number of hydrogen-bond acceptors (Lipinski definition) is 4. The summed E-state index contributed by atoms with van der Waals surface area (Å²) < 4.78 is 14.4. The molecule has 2 rings (SSSR count). The molecule has 3 N–H and O–H groups in total. The Labute approximate surface area is 103 Å². The molecular formula is C11H12FN5O. The number of aryl methyl sites for hydroxylation is 1. The van der Waals surface area contributed by atoms with Gasteiger partial charge < -0.3 is 11.1 Å². The molecule has 0 bridgehead atoms. The van der Waals surface area contributed by atoms with E-state index in [0.717, 1.165) is 5.56 Å². The molecule has 0 radical (unpaired) electrons. The zero-order valence-electron chi connectivity index (χ0n) is 9.72. The van der Waals surface area contributed by atoms with Gasteiger partial charge in [0.05, 0.1) is 0 Å². The van der Waals surface area contributed by atoms with E-state index in [1.54, 1.807) is 13.0 Å². The molecule has 18 heavy (non-hydrogen) atoms. The van der Waals surface area contributed by atoms with Crippen LogP contribution >= 0.6 is 0 Å². The van der Waals surface area contributed by atoms with Crippen LogP contribution in [0.15, 0.2) is 24.5 Å². The van der Waals surface area contributed by atoms with Crippen LogP contribution in [-0.4, -0.2) is 20.7 Å². The average Bonchev–Trinajstić information content (AvgIpc) is 2.61. The maximum absolute atomic E-state index is 13.1. The number of anilines is 2. The van der Waals surface area contributed by atoms with Crippen molar-refractivity contribution < 1.29 is 9.18 Å². The maximum Gasteiger partial charge on any atom is 0.246 e. The summed E-state index contributed by atoms with van der Waals surface area (Å²) in [6.45, 7) is 1.72. The molecule has 0 spiro atoms. The second-order valence-corrected chi connectivity index (χ2v) is 3.87. The van der Waals surface area contributed by atoms with Crippen molar-refractivity contribution in [3.63, 3.8) is 0 Å². The lowest BCUT2D eigenvalue weighted by atomic mass is 10.2. The molecule has 1 aromatic heterocycles. The van der Waals surface area contributed by atoms with Crippen molar-refractivity contribution >= 4 is 17.5 Å². The van der Waals surface area contributed by atoms with E-state index in [1.807, 2.05) is 0 Å². The monoisotopic (exact) mass is 249 g/mol. The fraction of sp³-hybridized carbons (Fsp3) is 0.182. The zero-order chi connectivity index (χ0) is 13.1. The van der Waals surface area contributed by atoms with Crippen LogP contribution in [0.3, 0.4) is 0 Å². The van der Waals surface area contributed by atoms with Gasteiger partial charge >= 0.3 is 0 Å². The van der Waals surface area contributed by atoms with Crippen LogP contribution in [0.5, 0.6) is 0 Å². The van der Waals surface area contributed by atoms with Gasteiger partial charge in [-0.3, -0.25) is 4.79 Å². The second kappa shape index (κ2) is 4.82. The minimum absolute atomic E-state index is 0.0280. The first-order chi connectivity index (χ1) is 8.52. The Hall–Kier alpha value is -2.44. The number of nitrogens with one attached hydrogen (secondary N) is 1. The van der Waals surface area contributed by atoms with E-state index in [1.165, 1.54) is 23.1 Å². The van der Waals surface area contributed by atoms with Crippen LogP contribution in [-0.2, 0) is 11.3 Å². The fourth-order valence-corrected chi connectivity index (χ4v) is 1.54. The Morgan fingerprint density at radius 3 is 2.89 bits per heavy atom. The summed E-state index contributed by atoms with van der Waals surface area (Å²) in [7, 11) is 0. The zero-order valence-corrected chi connectivity index (χ0v) is 9.72. The number of carbonyl (C=O) groups is 1. The van der Waals surface area contributed by atoms with E-state index in [2.05, 4.69) is 15.4 Å². The number of carbonyl (C=O) groups excluding carboxylic acids is 1. The van der Waals surface area contributed by atoms with Gasteiger partial charge in [-0.25, -0.2) is 14.1 Å². The van der Waals surface area contributed by atoms with Crippen LogP contribution in [0.2, 0.25) is 0 Å². The third-order valence-electron chi connectivity index (χ3n) is 2.19. The quantitative estimate of drug-likeness (QED) is 0.847. The molecule has 0 aliphatic heterocycles. The van der Waals surface area contributed by atoms with Gasteiger partial charge in [-0.05, 0) is 30.7 Å². The molecular weight excluding hydrogens is 237 g/mol. The van der Waals surface area contributed by atoms with Crippen LogP contribution in [0.1, 0.15) is 5.56 Å². The van der Waals surface area contributed by atoms with Crippen molar-refractivity contribution in [3.8, 4) is 0 Å². The van der Waals surface area contributed by atoms with Crippen molar-refractivity contribution in [3.05, 3.63) is 35.9 Å². The minimum atomic E-state index is -0.393. The lowest BCUT2D eigenvalue weighted by Crippen LogP contribution is -2.19. The standard InChI is InChI=1S/C11H12FN5O/c1-7-2-8(12)4-9(3-7)15-10(18)5-17-6-14-11(13)16-17/h2-4,6H,5H2,1H3,(H2,13,16)(H,15,18). The van der Waals surface area contributed by atoms with E-state index in [-0.39, 0.29) is 18.4 Å². The molecule has 0 aliphatic carbocycles. The Morgan fingerprint density at radius 1 is 1.50 bits per heavy atom. The highest BCUT2D eigenvalue weighted by Gasteiger charge is 2.06. The first-order valence-electron chi connectivity index (χ1n) is 5.25. The van der Waals surface area contributed by atoms with Crippen molar-refractivity contribution in [2.75, 3.05) is 11.1 Å². The Balaban J connectivity index is 2.02. The van der Waals surface area contributed by atoms with E-state index in [0.29, 0.717) is 5.69 Å². The number of hydrogen-bond donors (Lipinski definition) is 2. The van der Waals surface area contributed by atoms with E-state index >= 15 is 0 Å². The lowest BCUT2D eigenvalue weighted by molar-refractivity contribution is -0.116. The maximum atomic E-state index is 13.1. The van der Waals surface area contributed by atoms with Crippen LogP contribution < -0.4 is 11.1 Å². The molecule has 0 unspecified atom stereocenters. The summed E-state index contributed by atoms with van der Waals surface area (Å²) in [6.07, 6.45) is 1.35. The molecule has 0 saturated heterocycles. The number of halogens is 1. The predicted octanol–water partition coefficient (Wildman–Crippen LogP) is 0.947. The molecule has 1 heterocycles. The van der Waals surface area contributed by atoms with Gasteiger partial charge in [-0.15, -0.1) is 5.10 Å². The summed E-state index contributed by atoms with van der Waals surface area (Å²) in [6, 6.07) is 4.31. The van der Waals surface area contributed by atoms with Gasteiger partial charge in [-0.1, -0.05) is 0 Å². The van der Waals surface area contributed by atoms with E-state index in [4.69, 9.17) is 5.73 Å². The van der Waals surface area contributed by atoms with Crippen molar-refractivity contribution in [2.24, 2.45) is 0 Å². The molecule has 0 aliphatic rings. The van der Waals surface area contributed by atoms with Crippen LogP contribution in [0, 0.1) is 12.7 Å². The highest BCUT2D eigenvalue weighted by molar-refractivity contribution is 5.90. The largest absolute Gasteiger partial charge is 0.367 e. The van der Waals surface area contributed by atoms with E-state index < -0.39 is 5.82 Å². The first-order valence-corrected chi connectivity index (χ1v) is 5.25. The number of aromatic nitrogens is 3. The highest BCUT2D eigenvalue weighted by Crippen LogP contribution is 2.13. The van der Waals surface area contributed by atoms with Gasteiger partial charge in [0.25, 0.3) is 0 Å². The van der Waals surface area contributed by atoms with Crippen molar-refractivity contribution in [2.45, 2.75) is 13.5 Å². The molecule has 0 fully saturated rings. The smallest absolute Gasteiger partial charge is 0.246 e. The van der Waals surface area contributed by atoms with Gasteiger partial charge in [0.15, 0.2) is 0 Å². The lowest BCUT2D eigenvalue weighted by Gasteiger charge is -2.06. The van der Waals surface area contributed by atoms with Gasteiger partial charge in [0.1, 0.15) is 18.7 Å². The number of nitrogens with zero attached hydrogens (tertiary/aromatic N) is 3.